The van der Waals surface area contributed by atoms with E-state index in [1.54, 1.807) is 6.07 Å². The number of anilines is 1. The number of ether oxygens (including phenoxy) is 1. The average molecular weight is 224 g/mol. The summed E-state index contributed by atoms with van der Waals surface area (Å²) in [5.74, 6) is -0.300. The molecule has 0 aromatic heterocycles. The Morgan fingerprint density at radius 3 is 3.00 bits per heavy atom. The predicted octanol–water partition coefficient (Wildman–Crippen LogP) is 1.07. The number of hydrogen-bond donors (Lipinski definition) is 2. The molecule has 1 aromatic rings. The van der Waals surface area contributed by atoms with Gasteiger partial charge in [-0.2, -0.15) is 0 Å². The molecule has 1 atom stereocenters. The quantitative estimate of drug-likeness (QED) is 0.755. The summed E-state index contributed by atoms with van der Waals surface area (Å²) in [4.78, 5) is 10.9. The van der Waals surface area contributed by atoms with E-state index in [1.807, 2.05) is 0 Å². The number of nitrogen functional groups attached to an aromatic ring is 1. The third kappa shape index (κ3) is 2.42. The minimum Gasteiger partial charge on any atom is -0.488 e. The summed E-state index contributed by atoms with van der Waals surface area (Å²) in [6, 6.07) is 4.25. The third-order valence-corrected chi connectivity index (χ3v) is 2.48. The highest BCUT2D eigenvalue weighted by molar-refractivity contribution is 5.78. The van der Waals surface area contributed by atoms with E-state index in [4.69, 9.17) is 10.5 Å². The first kappa shape index (κ1) is 10.7. The highest BCUT2D eigenvalue weighted by atomic mass is 19.1. The van der Waals surface area contributed by atoms with E-state index in [0.717, 1.165) is 6.42 Å². The largest absolute Gasteiger partial charge is 0.488 e. The molecule has 0 saturated carbocycles. The number of nitrogens with one attached hydrogen (secondary N) is 1. The molecular weight excluding hydrogens is 211 g/mol. The Kier molecular flexibility index (Phi) is 2.94. The van der Waals surface area contributed by atoms with Gasteiger partial charge in [0.25, 0.3) is 0 Å². The lowest BCUT2D eigenvalue weighted by atomic mass is 10.2. The molecule has 86 valence electrons. The van der Waals surface area contributed by atoms with E-state index in [0.29, 0.717) is 12.1 Å². The summed E-state index contributed by atoms with van der Waals surface area (Å²) in [6.07, 6.45) is 1.24. The molecule has 1 aliphatic heterocycles. The van der Waals surface area contributed by atoms with Crippen LogP contribution in [0.25, 0.3) is 0 Å². The standard InChI is InChI=1S/C11H13FN2O2/c12-9-5-7(13)1-3-10(9)16-6-8-2-4-11(15)14-8/h1,3,5,8H,2,4,6,13H2,(H,14,15). The van der Waals surface area contributed by atoms with Gasteiger partial charge in [-0.05, 0) is 18.6 Å². The molecule has 16 heavy (non-hydrogen) atoms. The Morgan fingerprint density at radius 2 is 2.38 bits per heavy atom. The fourth-order valence-electron chi connectivity index (χ4n) is 1.63. The van der Waals surface area contributed by atoms with Gasteiger partial charge in [-0.25, -0.2) is 4.39 Å². The van der Waals surface area contributed by atoms with Crippen molar-refractivity contribution in [1.82, 2.24) is 5.32 Å². The maximum absolute atomic E-state index is 13.3. The summed E-state index contributed by atoms with van der Waals surface area (Å²) in [5.41, 5.74) is 5.77. The van der Waals surface area contributed by atoms with Crippen molar-refractivity contribution < 1.29 is 13.9 Å². The smallest absolute Gasteiger partial charge is 0.220 e. The van der Waals surface area contributed by atoms with Crippen LogP contribution >= 0.6 is 0 Å². The molecule has 0 aliphatic carbocycles. The SMILES string of the molecule is Nc1ccc(OCC2CCC(=O)N2)c(F)c1. The highest BCUT2D eigenvalue weighted by Crippen LogP contribution is 2.20. The molecule has 1 fully saturated rings. The van der Waals surface area contributed by atoms with E-state index < -0.39 is 5.82 Å². The Balaban J connectivity index is 1.92. The Labute approximate surface area is 92.6 Å². The normalized spacial score (nSPS) is 19.6. The van der Waals surface area contributed by atoms with Crippen LogP contribution in [0, 0.1) is 5.82 Å². The van der Waals surface area contributed by atoms with Crippen LogP contribution in [0.4, 0.5) is 10.1 Å². The van der Waals surface area contributed by atoms with Crippen molar-refractivity contribution in [1.29, 1.82) is 0 Å². The van der Waals surface area contributed by atoms with Crippen LogP contribution in [0.1, 0.15) is 12.8 Å². The van der Waals surface area contributed by atoms with E-state index in [9.17, 15) is 9.18 Å². The van der Waals surface area contributed by atoms with Crippen LogP contribution in [-0.2, 0) is 4.79 Å². The fourth-order valence-corrected chi connectivity index (χ4v) is 1.63. The van der Waals surface area contributed by atoms with E-state index in [-0.39, 0.29) is 24.3 Å². The first-order valence-electron chi connectivity index (χ1n) is 5.12. The van der Waals surface area contributed by atoms with Crippen molar-refractivity contribution in [2.24, 2.45) is 0 Å². The van der Waals surface area contributed by atoms with Gasteiger partial charge in [-0.3, -0.25) is 4.79 Å². The molecule has 5 heteroatoms. The zero-order valence-electron chi connectivity index (χ0n) is 8.70. The zero-order chi connectivity index (χ0) is 11.5. The Hall–Kier alpha value is -1.78. The summed E-state index contributed by atoms with van der Waals surface area (Å²) >= 11 is 0. The van der Waals surface area contributed by atoms with Crippen molar-refractivity contribution in [2.75, 3.05) is 12.3 Å². The van der Waals surface area contributed by atoms with Crippen molar-refractivity contribution in [2.45, 2.75) is 18.9 Å². The number of nitrogens with two attached hydrogens (primary N) is 1. The van der Waals surface area contributed by atoms with Gasteiger partial charge >= 0.3 is 0 Å². The van der Waals surface area contributed by atoms with Crippen LogP contribution in [0.2, 0.25) is 0 Å². The molecule has 0 bridgehead atoms. The van der Waals surface area contributed by atoms with Crippen LogP contribution in [0.5, 0.6) is 5.75 Å². The number of carbonyl (C=O) groups is 1. The van der Waals surface area contributed by atoms with Crippen molar-refractivity contribution in [3.05, 3.63) is 24.0 Å². The first-order valence-corrected chi connectivity index (χ1v) is 5.12. The number of hydrogen-bond acceptors (Lipinski definition) is 3. The van der Waals surface area contributed by atoms with Crippen LogP contribution in [-0.4, -0.2) is 18.6 Å². The number of carbonyl (C=O) groups excluding carboxylic acids is 1. The minimum absolute atomic E-state index is 0.0198. The lowest BCUT2D eigenvalue weighted by molar-refractivity contribution is -0.119. The molecule has 2 rings (SSSR count). The van der Waals surface area contributed by atoms with Gasteiger partial charge < -0.3 is 15.8 Å². The highest BCUT2D eigenvalue weighted by Gasteiger charge is 2.21. The average Bonchev–Trinajstić information content (AvgIpc) is 2.63. The summed E-state index contributed by atoms with van der Waals surface area (Å²) < 4.78 is 18.6. The van der Waals surface area contributed by atoms with Crippen molar-refractivity contribution in [3.8, 4) is 5.75 Å². The third-order valence-electron chi connectivity index (χ3n) is 2.48. The van der Waals surface area contributed by atoms with Gasteiger partial charge in [0.05, 0.1) is 6.04 Å². The molecule has 4 nitrogen and oxygen atoms in total. The topological polar surface area (TPSA) is 64.3 Å². The Morgan fingerprint density at radius 1 is 1.56 bits per heavy atom. The molecule has 1 amide bonds. The minimum atomic E-state index is -0.482. The second-order valence-corrected chi connectivity index (χ2v) is 3.80. The number of halogens is 1. The summed E-state index contributed by atoms with van der Waals surface area (Å²) in [7, 11) is 0. The zero-order valence-corrected chi connectivity index (χ0v) is 8.70. The molecule has 1 aliphatic rings. The maximum atomic E-state index is 13.3. The van der Waals surface area contributed by atoms with Gasteiger partial charge in [0.15, 0.2) is 11.6 Å². The predicted molar refractivity (Wildman–Crippen MR) is 57.5 cm³/mol. The molecule has 1 saturated heterocycles. The first-order chi connectivity index (χ1) is 7.65. The number of amides is 1. The fraction of sp³-hybridized carbons (Fsp3) is 0.364. The molecule has 0 spiro atoms. The molecular formula is C11H13FN2O2. The van der Waals surface area contributed by atoms with Gasteiger partial charge in [0.1, 0.15) is 6.61 Å². The Bertz CT molecular complexity index is 409. The maximum Gasteiger partial charge on any atom is 0.220 e. The summed E-state index contributed by atoms with van der Waals surface area (Å²) in [6.45, 7) is 0.284. The number of benzene rings is 1. The van der Waals surface area contributed by atoms with Gasteiger partial charge in [0, 0.05) is 18.2 Å². The molecule has 1 aromatic carbocycles. The number of rotatable bonds is 3. The van der Waals surface area contributed by atoms with Gasteiger partial charge in [-0.15, -0.1) is 0 Å². The lowest BCUT2D eigenvalue weighted by Crippen LogP contribution is -2.31. The van der Waals surface area contributed by atoms with Gasteiger partial charge in [-0.1, -0.05) is 0 Å². The second-order valence-electron chi connectivity index (χ2n) is 3.80. The van der Waals surface area contributed by atoms with Crippen LogP contribution in [0.15, 0.2) is 18.2 Å². The van der Waals surface area contributed by atoms with E-state index in [2.05, 4.69) is 5.32 Å². The molecule has 1 heterocycles. The van der Waals surface area contributed by atoms with E-state index >= 15 is 0 Å². The van der Waals surface area contributed by atoms with Crippen LogP contribution < -0.4 is 15.8 Å². The van der Waals surface area contributed by atoms with Gasteiger partial charge in [0.2, 0.25) is 5.91 Å². The van der Waals surface area contributed by atoms with Crippen LogP contribution in [0.3, 0.4) is 0 Å². The van der Waals surface area contributed by atoms with Crippen molar-refractivity contribution in [3.63, 3.8) is 0 Å². The molecule has 1 unspecified atom stereocenters. The molecule has 3 N–H and O–H groups in total. The summed E-state index contributed by atoms with van der Waals surface area (Å²) in [5, 5.41) is 2.74. The second kappa shape index (κ2) is 4.38. The van der Waals surface area contributed by atoms with E-state index in [1.165, 1.54) is 12.1 Å². The lowest BCUT2D eigenvalue weighted by Gasteiger charge is -2.12. The monoisotopic (exact) mass is 224 g/mol. The molecule has 0 radical (unpaired) electrons. The van der Waals surface area contributed by atoms with Crippen molar-refractivity contribution >= 4 is 11.6 Å².